The molecule has 0 aromatic heterocycles. The van der Waals surface area contributed by atoms with Crippen molar-refractivity contribution in [2.75, 3.05) is 0 Å². The predicted molar refractivity (Wildman–Crippen MR) is 84.4 cm³/mol. The molecule has 0 fully saturated rings. The molecule has 1 atom stereocenters. The lowest BCUT2D eigenvalue weighted by Crippen LogP contribution is -2.21. The Morgan fingerprint density at radius 3 is 2.52 bits per heavy atom. The Hall–Kier alpha value is -1.87. The molecule has 0 radical (unpaired) electrons. The van der Waals surface area contributed by atoms with Gasteiger partial charge in [-0.15, -0.1) is 0 Å². The van der Waals surface area contributed by atoms with Crippen molar-refractivity contribution in [2.24, 2.45) is 5.73 Å². The zero-order valence-corrected chi connectivity index (χ0v) is 12.8. The van der Waals surface area contributed by atoms with E-state index in [4.69, 9.17) is 10.5 Å². The van der Waals surface area contributed by atoms with Crippen LogP contribution in [0.4, 0.5) is 4.39 Å². The molecule has 21 heavy (non-hydrogen) atoms. The maximum absolute atomic E-state index is 14.0. The lowest BCUT2D eigenvalue weighted by molar-refractivity contribution is 0.437. The molecule has 2 aromatic rings. The first-order valence-corrected chi connectivity index (χ1v) is 7.29. The predicted octanol–water partition coefficient (Wildman–Crippen LogP) is 4.51. The van der Waals surface area contributed by atoms with Gasteiger partial charge in [-0.2, -0.15) is 0 Å². The standard InChI is InChI=1S/C18H22FNO/c1-4-15(20)11-14-8-9-16(13(3)10-14)21-17-7-5-6-12(2)18(17)19/h5-10,15H,4,11,20H2,1-3H3. The van der Waals surface area contributed by atoms with E-state index in [1.807, 2.05) is 19.1 Å². The fraction of sp³-hybridized carbons (Fsp3) is 0.333. The molecular formula is C18H22FNO. The van der Waals surface area contributed by atoms with Crippen molar-refractivity contribution in [1.29, 1.82) is 0 Å². The molecule has 2 aromatic carbocycles. The van der Waals surface area contributed by atoms with Crippen LogP contribution in [0.5, 0.6) is 11.5 Å². The first-order valence-electron chi connectivity index (χ1n) is 7.29. The Balaban J connectivity index is 2.19. The number of rotatable bonds is 5. The van der Waals surface area contributed by atoms with Gasteiger partial charge in [-0.25, -0.2) is 4.39 Å². The highest BCUT2D eigenvalue weighted by Gasteiger charge is 2.10. The maximum atomic E-state index is 14.0. The fourth-order valence-corrected chi connectivity index (χ4v) is 2.22. The van der Waals surface area contributed by atoms with Crippen molar-refractivity contribution in [2.45, 2.75) is 39.7 Å². The van der Waals surface area contributed by atoms with Crippen LogP contribution in [0.25, 0.3) is 0 Å². The summed E-state index contributed by atoms with van der Waals surface area (Å²) in [5.41, 5.74) is 8.71. The van der Waals surface area contributed by atoms with E-state index in [1.165, 1.54) is 5.56 Å². The summed E-state index contributed by atoms with van der Waals surface area (Å²) in [6, 6.07) is 11.3. The van der Waals surface area contributed by atoms with E-state index in [2.05, 4.69) is 13.0 Å². The average Bonchev–Trinajstić information content (AvgIpc) is 2.46. The third-order valence-electron chi connectivity index (χ3n) is 3.64. The van der Waals surface area contributed by atoms with Gasteiger partial charge in [-0.05, 0) is 55.5 Å². The largest absolute Gasteiger partial charge is 0.454 e. The smallest absolute Gasteiger partial charge is 0.168 e. The molecule has 0 amide bonds. The van der Waals surface area contributed by atoms with Crippen LogP contribution in [-0.2, 0) is 6.42 Å². The van der Waals surface area contributed by atoms with Gasteiger partial charge in [0.1, 0.15) is 5.75 Å². The van der Waals surface area contributed by atoms with Gasteiger partial charge in [0.25, 0.3) is 0 Å². The quantitative estimate of drug-likeness (QED) is 0.877. The monoisotopic (exact) mass is 287 g/mol. The van der Waals surface area contributed by atoms with Crippen LogP contribution < -0.4 is 10.5 Å². The third-order valence-corrected chi connectivity index (χ3v) is 3.64. The van der Waals surface area contributed by atoms with Gasteiger partial charge in [-0.3, -0.25) is 0 Å². The van der Waals surface area contributed by atoms with E-state index in [1.54, 1.807) is 25.1 Å². The van der Waals surface area contributed by atoms with Gasteiger partial charge < -0.3 is 10.5 Å². The summed E-state index contributed by atoms with van der Waals surface area (Å²) in [6.45, 7) is 5.77. The molecule has 3 heteroatoms. The summed E-state index contributed by atoms with van der Waals surface area (Å²) in [6.07, 6.45) is 1.79. The topological polar surface area (TPSA) is 35.2 Å². The van der Waals surface area contributed by atoms with Crippen LogP contribution in [0.3, 0.4) is 0 Å². The minimum absolute atomic E-state index is 0.172. The molecule has 0 spiro atoms. The highest BCUT2D eigenvalue weighted by atomic mass is 19.1. The molecule has 0 saturated heterocycles. The zero-order chi connectivity index (χ0) is 15.4. The SMILES string of the molecule is CCC(N)Cc1ccc(Oc2cccc(C)c2F)c(C)c1. The number of hydrogen-bond acceptors (Lipinski definition) is 2. The van der Waals surface area contributed by atoms with Gasteiger partial charge in [0, 0.05) is 6.04 Å². The number of ether oxygens (including phenoxy) is 1. The van der Waals surface area contributed by atoms with Gasteiger partial charge >= 0.3 is 0 Å². The molecule has 0 aliphatic carbocycles. The molecule has 1 unspecified atom stereocenters. The number of benzene rings is 2. The van der Waals surface area contributed by atoms with Gasteiger partial charge in [-0.1, -0.05) is 31.2 Å². The summed E-state index contributed by atoms with van der Waals surface area (Å²) >= 11 is 0. The molecule has 112 valence electrons. The molecule has 2 N–H and O–H groups in total. The molecule has 0 aliphatic heterocycles. The normalized spacial score (nSPS) is 12.2. The van der Waals surface area contributed by atoms with E-state index in [9.17, 15) is 4.39 Å². The van der Waals surface area contributed by atoms with Crippen molar-refractivity contribution in [1.82, 2.24) is 0 Å². The minimum atomic E-state index is -0.311. The van der Waals surface area contributed by atoms with E-state index < -0.39 is 0 Å². The van der Waals surface area contributed by atoms with Crippen LogP contribution >= 0.6 is 0 Å². The summed E-state index contributed by atoms with van der Waals surface area (Å²) < 4.78 is 19.7. The van der Waals surface area contributed by atoms with Crippen LogP contribution in [-0.4, -0.2) is 6.04 Å². The molecule has 0 heterocycles. The lowest BCUT2D eigenvalue weighted by Gasteiger charge is -2.13. The molecule has 0 aliphatic rings. The molecule has 0 bridgehead atoms. The number of halogens is 1. The average molecular weight is 287 g/mol. The number of aryl methyl sites for hydroxylation is 2. The van der Waals surface area contributed by atoms with E-state index in [0.717, 1.165) is 18.4 Å². The van der Waals surface area contributed by atoms with Crippen LogP contribution in [0.1, 0.15) is 30.0 Å². The van der Waals surface area contributed by atoms with Gasteiger partial charge in [0.15, 0.2) is 11.6 Å². The Kier molecular flexibility index (Phi) is 4.97. The Morgan fingerprint density at radius 1 is 1.10 bits per heavy atom. The Bertz CT molecular complexity index is 625. The highest BCUT2D eigenvalue weighted by Crippen LogP contribution is 2.29. The van der Waals surface area contributed by atoms with Crippen molar-refractivity contribution >= 4 is 0 Å². The van der Waals surface area contributed by atoms with E-state index in [0.29, 0.717) is 11.3 Å². The highest BCUT2D eigenvalue weighted by molar-refractivity contribution is 5.41. The van der Waals surface area contributed by atoms with E-state index in [-0.39, 0.29) is 17.6 Å². The molecular weight excluding hydrogens is 265 g/mol. The zero-order valence-electron chi connectivity index (χ0n) is 12.8. The van der Waals surface area contributed by atoms with Crippen molar-refractivity contribution in [3.05, 3.63) is 58.9 Å². The maximum Gasteiger partial charge on any atom is 0.168 e. The summed E-state index contributed by atoms with van der Waals surface area (Å²) in [7, 11) is 0. The molecule has 2 rings (SSSR count). The fourth-order valence-electron chi connectivity index (χ4n) is 2.22. The Morgan fingerprint density at radius 2 is 1.86 bits per heavy atom. The number of hydrogen-bond donors (Lipinski definition) is 1. The minimum Gasteiger partial charge on any atom is -0.454 e. The second-order valence-corrected chi connectivity index (χ2v) is 5.46. The summed E-state index contributed by atoms with van der Waals surface area (Å²) in [5.74, 6) is 0.624. The summed E-state index contributed by atoms with van der Waals surface area (Å²) in [4.78, 5) is 0. The van der Waals surface area contributed by atoms with Crippen molar-refractivity contribution in [3.8, 4) is 11.5 Å². The van der Waals surface area contributed by atoms with Crippen LogP contribution in [0, 0.1) is 19.7 Å². The Labute approximate surface area is 125 Å². The second kappa shape index (κ2) is 6.72. The summed E-state index contributed by atoms with van der Waals surface area (Å²) in [5, 5.41) is 0. The number of nitrogens with two attached hydrogens (primary N) is 1. The third kappa shape index (κ3) is 3.82. The first kappa shape index (κ1) is 15.5. The van der Waals surface area contributed by atoms with E-state index >= 15 is 0 Å². The van der Waals surface area contributed by atoms with Gasteiger partial charge in [0.2, 0.25) is 0 Å². The molecule has 0 saturated carbocycles. The molecule has 2 nitrogen and oxygen atoms in total. The van der Waals surface area contributed by atoms with Crippen molar-refractivity contribution < 1.29 is 9.13 Å². The van der Waals surface area contributed by atoms with Crippen LogP contribution in [0.15, 0.2) is 36.4 Å². The van der Waals surface area contributed by atoms with Crippen molar-refractivity contribution in [3.63, 3.8) is 0 Å². The lowest BCUT2D eigenvalue weighted by atomic mass is 10.0. The second-order valence-electron chi connectivity index (χ2n) is 5.46. The van der Waals surface area contributed by atoms with Crippen LogP contribution in [0.2, 0.25) is 0 Å². The van der Waals surface area contributed by atoms with Gasteiger partial charge in [0.05, 0.1) is 0 Å². The first-order chi connectivity index (χ1) is 10.0.